The number of hydrogen-bond acceptors (Lipinski definition) is 0. The SMILES string of the molecule is C1CCC([N-]C2CCCCC2)CC1.[Cl][Au]. The van der Waals surface area contributed by atoms with E-state index in [1.54, 1.807) is 20.0 Å². The Morgan fingerprint density at radius 3 is 1.33 bits per heavy atom. The van der Waals surface area contributed by atoms with Crippen LogP contribution in [0.15, 0.2) is 0 Å². The first-order valence-corrected chi connectivity index (χ1v) is 8.95. The molecule has 0 unspecified atom stereocenters. The van der Waals surface area contributed by atoms with Gasteiger partial charge in [0, 0.05) is 0 Å². The molecule has 1 nitrogen and oxygen atoms in total. The number of nitrogens with zero attached hydrogens (tertiary/aromatic N) is 1. The molecule has 0 N–H and O–H groups in total. The standard InChI is InChI=1S/C12H22N.Au.ClH/c1-3-7-11(8-4-1)13-12-9-5-2-6-10-12;;/h11-12H,1-10H2;;1H/q-1;+1;/p-1. The Balaban J connectivity index is 0.000000531. The van der Waals surface area contributed by atoms with Crippen molar-refractivity contribution in [3.8, 4) is 0 Å². The summed E-state index contributed by atoms with van der Waals surface area (Å²) in [5, 5.41) is 5.00. The summed E-state index contributed by atoms with van der Waals surface area (Å²) in [6.07, 6.45) is 14.2. The summed E-state index contributed by atoms with van der Waals surface area (Å²) in [7, 11) is 4.58. The van der Waals surface area contributed by atoms with Gasteiger partial charge < -0.3 is 5.32 Å². The van der Waals surface area contributed by atoms with Crippen LogP contribution in [0.4, 0.5) is 0 Å². The van der Waals surface area contributed by atoms with Crippen LogP contribution < -0.4 is 0 Å². The molecule has 2 rings (SSSR count). The fraction of sp³-hybridized carbons (Fsp3) is 1.00. The summed E-state index contributed by atoms with van der Waals surface area (Å²) in [6, 6.07) is 1.49. The third-order valence-electron chi connectivity index (χ3n) is 3.57. The topological polar surface area (TPSA) is 14.1 Å². The second-order valence-electron chi connectivity index (χ2n) is 4.73. The van der Waals surface area contributed by atoms with Crippen LogP contribution in [-0.4, -0.2) is 12.1 Å². The molecule has 94 valence electrons. The van der Waals surface area contributed by atoms with Crippen LogP contribution in [0, 0.1) is 0 Å². The Morgan fingerprint density at radius 2 is 1.00 bits per heavy atom. The van der Waals surface area contributed by atoms with Crippen LogP contribution in [0.3, 0.4) is 0 Å². The van der Waals surface area contributed by atoms with Crippen LogP contribution in [0.25, 0.3) is 5.32 Å². The molecule has 0 aliphatic heterocycles. The van der Waals surface area contributed by atoms with E-state index < -0.39 is 0 Å². The van der Waals surface area contributed by atoms with E-state index in [0.29, 0.717) is 0 Å². The second-order valence-corrected chi connectivity index (χ2v) is 4.73. The van der Waals surface area contributed by atoms with Crippen LogP contribution >= 0.6 is 9.19 Å². The summed E-state index contributed by atoms with van der Waals surface area (Å²) in [5.41, 5.74) is 0. The normalized spacial score (nSPS) is 24.5. The van der Waals surface area contributed by atoms with Crippen molar-refractivity contribution in [1.29, 1.82) is 0 Å². The molecule has 0 aromatic heterocycles. The van der Waals surface area contributed by atoms with E-state index in [1.165, 1.54) is 64.2 Å². The van der Waals surface area contributed by atoms with Gasteiger partial charge in [-0.15, -0.1) is 12.1 Å². The molecule has 0 heterocycles. The van der Waals surface area contributed by atoms with Crippen LogP contribution in [-0.2, 0) is 20.0 Å². The van der Waals surface area contributed by atoms with Crippen molar-refractivity contribution in [3.05, 3.63) is 5.32 Å². The molecule has 2 fully saturated rings. The van der Waals surface area contributed by atoms with Gasteiger partial charge in [-0.3, -0.25) is 0 Å². The van der Waals surface area contributed by atoms with Crippen molar-refractivity contribution in [2.45, 2.75) is 76.3 Å². The summed E-state index contributed by atoms with van der Waals surface area (Å²) in [4.78, 5) is 0. The van der Waals surface area contributed by atoms with Crippen LogP contribution in [0.1, 0.15) is 64.2 Å². The minimum atomic E-state index is 0.747. The fourth-order valence-electron chi connectivity index (χ4n) is 2.76. The third kappa shape index (κ3) is 5.74. The number of hydrogen-bond donors (Lipinski definition) is 0. The van der Waals surface area contributed by atoms with Gasteiger partial charge in [-0.25, -0.2) is 0 Å². The van der Waals surface area contributed by atoms with Gasteiger partial charge in [-0.2, -0.15) is 0 Å². The zero-order valence-electron chi connectivity index (χ0n) is 9.35. The van der Waals surface area contributed by atoms with Gasteiger partial charge in [-0.1, -0.05) is 64.2 Å². The summed E-state index contributed by atoms with van der Waals surface area (Å²) >= 11 is 1.75. The Kier molecular flexibility index (Phi) is 8.49. The molecule has 2 saturated carbocycles. The Morgan fingerprint density at radius 1 is 0.667 bits per heavy atom. The molecule has 0 spiro atoms. The predicted octanol–water partition coefficient (Wildman–Crippen LogP) is 4.71. The summed E-state index contributed by atoms with van der Waals surface area (Å²) in [6.45, 7) is 0. The molecule has 0 amide bonds. The van der Waals surface area contributed by atoms with Gasteiger partial charge >= 0.3 is 29.2 Å². The van der Waals surface area contributed by atoms with Crippen molar-refractivity contribution in [3.63, 3.8) is 0 Å². The molecule has 0 saturated heterocycles. The first-order valence-electron chi connectivity index (χ1n) is 6.26. The summed E-state index contributed by atoms with van der Waals surface area (Å²) < 4.78 is 0. The van der Waals surface area contributed by atoms with Gasteiger partial charge in [0.1, 0.15) is 0 Å². The second kappa shape index (κ2) is 9.07. The van der Waals surface area contributed by atoms with E-state index in [2.05, 4.69) is 9.19 Å². The maximum absolute atomic E-state index is 5.00. The van der Waals surface area contributed by atoms with Gasteiger partial charge in [0.15, 0.2) is 0 Å². The van der Waals surface area contributed by atoms with Gasteiger partial charge in [0.25, 0.3) is 0 Å². The van der Waals surface area contributed by atoms with Crippen molar-refractivity contribution in [2.75, 3.05) is 0 Å². The van der Waals surface area contributed by atoms with Crippen LogP contribution in [0.2, 0.25) is 0 Å². The average molecular weight is 413 g/mol. The van der Waals surface area contributed by atoms with Crippen molar-refractivity contribution in [2.24, 2.45) is 0 Å². The Labute approximate surface area is 110 Å². The van der Waals surface area contributed by atoms with E-state index in [4.69, 9.17) is 5.32 Å². The van der Waals surface area contributed by atoms with Crippen LogP contribution in [0.5, 0.6) is 0 Å². The molecule has 0 atom stereocenters. The van der Waals surface area contributed by atoms with E-state index >= 15 is 0 Å². The van der Waals surface area contributed by atoms with Gasteiger partial charge in [-0.05, 0) is 0 Å². The summed E-state index contributed by atoms with van der Waals surface area (Å²) in [5.74, 6) is 0. The van der Waals surface area contributed by atoms with E-state index in [9.17, 15) is 0 Å². The Hall–Kier alpha value is 0.990. The minimum absolute atomic E-state index is 0.747. The molecular formula is C12H22AuClN-. The monoisotopic (exact) mass is 412 g/mol. The molecule has 2 aliphatic rings. The van der Waals surface area contributed by atoms with Gasteiger partial charge in [0.2, 0.25) is 0 Å². The van der Waals surface area contributed by atoms with Crippen molar-refractivity contribution >= 4 is 9.19 Å². The molecule has 0 aromatic rings. The fourth-order valence-corrected chi connectivity index (χ4v) is 2.76. The number of rotatable bonds is 2. The van der Waals surface area contributed by atoms with E-state index in [-0.39, 0.29) is 0 Å². The number of halogens is 1. The molecular weight excluding hydrogens is 391 g/mol. The first kappa shape index (κ1) is 14.1. The third-order valence-corrected chi connectivity index (χ3v) is 3.57. The maximum atomic E-state index is 5.00. The molecule has 0 radical (unpaired) electrons. The zero-order valence-corrected chi connectivity index (χ0v) is 12.3. The molecule has 15 heavy (non-hydrogen) atoms. The molecule has 3 heteroatoms. The molecule has 0 bridgehead atoms. The van der Waals surface area contributed by atoms with E-state index in [1.807, 2.05) is 0 Å². The quantitative estimate of drug-likeness (QED) is 0.583. The molecule has 0 aromatic carbocycles. The van der Waals surface area contributed by atoms with Gasteiger partial charge in [0.05, 0.1) is 0 Å². The zero-order chi connectivity index (χ0) is 10.9. The van der Waals surface area contributed by atoms with Crippen molar-refractivity contribution < 1.29 is 20.0 Å². The first-order chi connectivity index (χ1) is 7.45. The molecule has 2 aliphatic carbocycles. The predicted molar refractivity (Wildman–Crippen MR) is 63.0 cm³/mol. The van der Waals surface area contributed by atoms with Crippen molar-refractivity contribution in [1.82, 2.24) is 0 Å². The Bertz CT molecular complexity index is 127. The average Bonchev–Trinajstić information content (AvgIpc) is 2.34. The van der Waals surface area contributed by atoms with E-state index in [0.717, 1.165) is 12.1 Å².